The van der Waals surface area contributed by atoms with E-state index in [-0.39, 0.29) is 23.9 Å². The van der Waals surface area contributed by atoms with Crippen LogP contribution in [0.1, 0.15) is 58.8 Å². The molecule has 0 bridgehead atoms. The Morgan fingerprint density at radius 3 is 2.41 bits per heavy atom. The molecule has 5 rings (SSSR count). The maximum atomic E-state index is 14.0. The van der Waals surface area contributed by atoms with Crippen LogP contribution in [0.3, 0.4) is 0 Å². The molecule has 0 radical (unpaired) electrons. The molecule has 2 atom stereocenters. The van der Waals surface area contributed by atoms with Gasteiger partial charge in [0.25, 0.3) is 5.91 Å². The Morgan fingerprint density at radius 2 is 1.70 bits per heavy atom. The predicted molar refractivity (Wildman–Crippen MR) is 136 cm³/mol. The van der Waals surface area contributed by atoms with Gasteiger partial charge in [-0.3, -0.25) is 9.59 Å². The van der Waals surface area contributed by atoms with Crippen molar-refractivity contribution in [1.29, 1.82) is 0 Å². The zero-order valence-corrected chi connectivity index (χ0v) is 21.5. The fourth-order valence-electron chi connectivity index (χ4n) is 5.84. The highest BCUT2D eigenvalue weighted by atomic mass is 16.6. The number of nitrogens with zero attached hydrogens (tertiary/aromatic N) is 2. The van der Waals surface area contributed by atoms with Gasteiger partial charge in [0.05, 0.1) is 32.8 Å². The summed E-state index contributed by atoms with van der Waals surface area (Å²) >= 11 is 0. The van der Waals surface area contributed by atoms with Crippen LogP contribution in [0.15, 0.2) is 36.4 Å². The number of fused-ring (bicyclic) bond motifs is 4. The monoisotopic (exact) mass is 507 g/mol. The summed E-state index contributed by atoms with van der Waals surface area (Å²) in [6, 6.07) is 11.0. The third kappa shape index (κ3) is 4.47. The SMILES string of the molecule is CCOC(=O)N1CCC(NC(=O)[C@H]2c3cc(OC)c(OC)cc3C(=O)N3CCc4ccccc4[C@H]23)CC1. The van der Waals surface area contributed by atoms with Crippen molar-refractivity contribution in [3.8, 4) is 11.5 Å². The number of amides is 3. The molecule has 3 aliphatic rings. The van der Waals surface area contributed by atoms with Gasteiger partial charge < -0.3 is 29.3 Å². The van der Waals surface area contributed by atoms with Crippen molar-refractivity contribution in [3.05, 3.63) is 58.7 Å². The summed E-state index contributed by atoms with van der Waals surface area (Å²) < 4.78 is 16.1. The maximum absolute atomic E-state index is 14.0. The van der Waals surface area contributed by atoms with Crippen molar-refractivity contribution in [2.24, 2.45) is 0 Å². The van der Waals surface area contributed by atoms with Crippen molar-refractivity contribution < 1.29 is 28.6 Å². The van der Waals surface area contributed by atoms with Crippen LogP contribution in [-0.4, -0.2) is 74.2 Å². The highest BCUT2D eigenvalue weighted by Gasteiger charge is 2.47. The van der Waals surface area contributed by atoms with Crippen LogP contribution in [0.25, 0.3) is 0 Å². The summed E-state index contributed by atoms with van der Waals surface area (Å²) in [7, 11) is 3.08. The number of carbonyl (C=O) groups excluding carboxylic acids is 3. The highest BCUT2D eigenvalue weighted by molar-refractivity contribution is 6.02. The summed E-state index contributed by atoms with van der Waals surface area (Å²) in [6.07, 6.45) is 1.70. The molecule has 0 spiro atoms. The zero-order chi connectivity index (χ0) is 26.1. The van der Waals surface area contributed by atoms with Crippen LogP contribution < -0.4 is 14.8 Å². The number of methoxy groups -OCH3 is 2. The number of nitrogens with one attached hydrogen (secondary N) is 1. The van der Waals surface area contributed by atoms with E-state index in [2.05, 4.69) is 11.4 Å². The van der Waals surface area contributed by atoms with Gasteiger partial charge in [-0.25, -0.2) is 4.79 Å². The molecular formula is C28H33N3O6. The molecule has 2 aromatic rings. The van der Waals surface area contributed by atoms with Crippen molar-refractivity contribution in [1.82, 2.24) is 15.1 Å². The van der Waals surface area contributed by atoms with Crippen LogP contribution in [0.2, 0.25) is 0 Å². The predicted octanol–water partition coefficient (Wildman–Crippen LogP) is 3.28. The molecule has 0 aliphatic carbocycles. The minimum atomic E-state index is -0.614. The smallest absolute Gasteiger partial charge is 0.409 e. The van der Waals surface area contributed by atoms with Gasteiger partial charge in [0.15, 0.2) is 11.5 Å². The first-order valence-corrected chi connectivity index (χ1v) is 12.8. The molecule has 3 amide bonds. The van der Waals surface area contributed by atoms with Gasteiger partial charge in [-0.15, -0.1) is 0 Å². The quantitative estimate of drug-likeness (QED) is 0.667. The van der Waals surface area contributed by atoms with Crippen molar-refractivity contribution >= 4 is 17.9 Å². The lowest BCUT2D eigenvalue weighted by molar-refractivity contribution is -0.125. The molecule has 37 heavy (non-hydrogen) atoms. The van der Waals surface area contributed by atoms with Crippen LogP contribution in [0.5, 0.6) is 11.5 Å². The number of hydrogen-bond donors (Lipinski definition) is 1. The lowest BCUT2D eigenvalue weighted by Gasteiger charge is -2.45. The Labute approximate surface area is 216 Å². The summed E-state index contributed by atoms with van der Waals surface area (Å²) in [5, 5.41) is 3.24. The Balaban J connectivity index is 1.49. The van der Waals surface area contributed by atoms with E-state index in [0.29, 0.717) is 61.7 Å². The van der Waals surface area contributed by atoms with Gasteiger partial charge in [0.1, 0.15) is 0 Å². The van der Waals surface area contributed by atoms with Gasteiger partial charge in [0.2, 0.25) is 5.91 Å². The average molecular weight is 508 g/mol. The van der Waals surface area contributed by atoms with Crippen molar-refractivity contribution in [2.45, 2.75) is 44.2 Å². The van der Waals surface area contributed by atoms with Gasteiger partial charge in [-0.05, 0) is 55.0 Å². The minimum Gasteiger partial charge on any atom is -0.493 e. The van der Waals surface area contributed by atoms with Crippen LogP contribution in [0, 0.1) is 0 Å². The second-order valence-electron chi connectivity index (χ2n) is 9.63. The minimum absolute atomic E-state index is 0.0771. The van der Waals surface area contributed by atoms with Gasteiger partial charge in [0, 0.05) is 31.2 Å². The number of likely N-dealkylation sites (tertiary alicyclic amines) is 1. The van der Waals surface area contributed by atoms with E-state index in [1.165, 1.54) is 7.11 Å². The van der Waals surface area contributed by atoms with E-state index in [0.717, 1.165) is 17.5 Å². The molecule has 9 heteroatoms. The molecule has 3 aliphatic heterocycles. The van der Waals surface area contributed by atoms with E-state index in [1.807, 2.05) is 23.1 Å². The average Bonchev–Trinajstić information content (AvgIpc) is 2.92. The number of carbonyl (C=O) groups is 3. The Bertz CT molecular complexity index is 1210. The Hall–Kier alpha value is -3.75. The van der Waals surface area contributed by atoms with Crippen LogP contribution in [-0.2, 0) is 16.0 Å². The summed E-state index contributed by atoms with van der Waals surface area (Å²) in [4.78, 5) is 43.3. The van der Waals surface area contributed by atoms with E-state index in [1.54, 1.807) is 31.1 Å². The molecule has 0 aromatic heterocycles. The summed E-state index contributed by atoms with van der Waals surface area (Å²) in [5.74, 6) is 0.0737. The fourth-order valence-corrected chi connectivity index (χ4v) is 5.84. The molecule has 0 saturated carbocycles. The van der Waals surface area contributed by atoms with Crippen molar-refractivity contribution in [2.75, 3.05) is 40.5 Å². The van der Waals surface area contributed by atoms with E-state index < -0.39 is 12.0 Å². The first-order valence-electron chi connectivity index (χ1n) is 12.8. The molecule has 1 saturated heterocycles. The second-order valence-corrected chi connectivity index (χ2v) is 9.63. The number of ether oxygens (including phenoxy) is 3. The zero-order valence-electron chi connectivity index (χ0n) is 21.5. The normalized spacial score (nSPS) is 20.9. The number of rotatable bonds is 5. The largest absolute Gasteiger partial charge is 0.493 e. The Morgan fingerprint density at radius 1 is 1.00 bits per heavy atom. The number of piperidine rings is 1. The van der Waals surface area contributed by atoms with E-state index in [4.69, 9.17) is 14.2 Å². The first kappa shape index (κ1) is 24.9. The van der Waals surface area contributed by atoms with E-state index >= 15 is 0 Å². The first-order chi connectivity index (χ1) is 18.0. The standard InChI is InChI=1S/C28H33N3O6/c1-4-37-28(34)30-12-10-18(11-13-30)29-26(32)24-20-15-22(35-2)23(36-3)16-21(20)27(33)31-14-9-17-7-5-6-8-19(17)25(24)31/h5-8,15-16,18,24-25H,4,9-14H2,1-3H3,(H,29,32)/t24-,25+/m0/s1. The number of hydrogen-bond acceptors (Lipinski definition) is 6. The van der Waals surface area contributed by atoms with Crippen molar-refractivity contribution in [3.63, 3.8) is 0 Å². The summed E-state index contributed by atoms with van der Waals surface area (Å²) in [5.41, 5.74) is 3.26. The van der Waals surface area contributed by atoms with Crippen LogP contribution in [0.4, 0.5) is 4.79 Å². The molecule has 3 heterocycles. The van der Waals surface area contributed by atoms with E-state index in [9.17, 15) is 14.4 Å². The molecule has 196 valence electrons. The fraction of sp³-hybridized carbons (Fsp3) is 0.464. The molecule has 1 fully saturated rings. The van der Waals surface area contributed by atoms with Gasteiger partial charge in [-0.2, -0.15) is 0 Å². The van der Waals surface area contributed by atoms with Gasteiger partial charge >= 0.3 is 6.09 Å². The molecule has 1 N–H and O–H groups in total. The van der Waals surface area contributed by atoms with Crippen LogP contribution >= 0.6 is 0 Å². The molecular weight excluding hydrogens is 474 g/mol. The third-order valence-electron chi connectivity index (χ3n) is 7.68. The molecule has 9 nitrogen and oxygen atoms in total. The Kier molecular flexibility index (Phi) is 6.95. The third-order valence-corrected chi connectivity index (χ3v) is 7.68. The maximum Gasteiger partial charge on any atom is 0.409 e. The second kappa shape index (κ2) is 10.3. The lowest BCUT2D eigenvalue weighted by Crippen LogP contribution is -2.52. The lowest BCUT2D eigenvalue weighted by atomic mass is 9.75. The molecule has 0 unspecified atom stereocenters. The highest BCUT2D eigenvalue weighted by Crippen LogP contribution is 2.48. The summed E-state index contributed by atoms with van der Waals surface area (Å²) in [6.45, 7) is 3.70. The topological polar surface area (TPSA) is 97.4 Å². The van der Waals surface area contributed by atoms with Gasteiger partial charge in [-0.1, -0.05) is 24.3 Å². The molecule has 2 aromatic carbocycles. The number of benzene rings is 2.